The predicted molar refractivity (Wildman–Crippen MR) is 106 cm³/mol. The van der Waals surface area contributed by atoms with Crippen molar-refractivity contribution in [1.29, 1.82) is 0 Å². The monoisotopic (exact) mass is 368 g/mol. The van der Waals surface area contributed by atoms with Gasteiger partial charge in [-0.15, -0.1) is 0 Å². The molecule has 2 saturated heterocycles. The lowest BCUT2D eigenvalue weighted by Gasteiger charge is -2.40. The van der Waals surface area contributed by atoms with Crippen LogP contribution in [-0.2, 0) is 4.79 Å². The van der Waals surface area contributed by atoms with E-state index in [0.29, 0.717) is 29.7 Å². The molecule has 0 aromatic heterocycles. The molecule has 4 nitrogen and oxygen atoms in total. The summed E-state index contributed by atoms with van der Waals surface area (Å²) in [6.07, 6.45) is 7.43. The van der Waals surface area contributed by atoms with Gasteiger partial charge in [0.15, 0.2) is 0 Å². The molecule has 0 bridgehead atoms. The second-order valence-electron chi connectivity index (χ2n) is 9.22. The zero-order valence-electron chi connectivity index (χ0n) is 16.5. The van der Waals surface area contributed by atoms with Crippen molar-refractivity contribution in [3.63, 3.8) is 0 Å². The maximum Gasteiger partial charge on any atom is 0.225 e. The van der Waals surface area contributed by atoms with Gasteiger partial charge in [-0.3, -0.25) is 4.79 Å². The summed E-state index contributed by atoms with van der Waals surface area (Å²) in [5, 5.41) is 0. The Bertz CT molecular complexity index is 680. The summed E-state index contributed by atoms with van der Waals surface area (Å²) in [4.78, 5) is 18.1. The summed E-state index contributed by atoms with van der Waals surface area (Å²) in [6.45, 7) is 4.51. The number of fused-ring (bicyclic) bond motifs is 1. The van der Waals surface area contributed by atoms with Gasteiger partial charge in [-0.05, 0) is 55.7 Å². The zero-order valence-corrected chi connectivity index (χ0v) is 16.5. The van der Waals surface area contributed by atoms with Gasteiger partial charge in [0, 0.05) is 50.0 Å². The summed E-state index contributed by atoms with van der Waals surface area (Å²) in [7, 11) is 1.72. The highest BCUT2D eigenvalue weighted by Crippen LogP contribution is 2.44. The van der Waals surface area contributed by atoms with E-state index in [9.17, 15) is 4.79 Å². The van der Waals surface area contributed by atoms with Crippen LogP contribution in [0.5, 0.6) is 5.75 Å². The quantitative estimate of drug-likeness (QED) is 0.797. The number of benzene rings is 1. The van der Waals surface area contributed by atoms with Crippen LogP contribution in [0, 0.1) is 17.8 Å². The minimum absolute atomic E-state index is 0.310. The molecule has 0 radical (unpaired) electrons. The van der Waals surface area contributed by atoms with E-state index in [2.05, 4.69) is 34.1 Å². The van der Waals surface area contributed by atoms with Crippen LogP contribution in [0.1, 0.15) is 50.0 Å². The fourth-order valence-electron chi connectivity index (χ4n) is 5.48. The van der Waals surface area contributed by atoms with Gasteiger partial charge in [0.05, 0.1) is 7.11 Å². The molecule has 146 valence electrons. The summed E-state index contributed by atoms with van der Waals surface area (Å²) in [5.41, 5.74) is 1.38. The van der Waals surface area contributed by atoms with E-state index < -0.39 is 0 Å². The van der Waals surface area contributed by atoms with Crippen LogP contribution in [0.15, 0.2) is 24.3 Å². The number of hydrogen-bond acceptors (Lipinski definition) is 3. The number of carbonyl (C=O) groups excluding carboxylic acids is 1. The highest BCUT2D eigenvalue weighted by atomic mass is 16.5. The molecule has 27 heavy (non-hydrogen) atoms. The highest BCUT2D eigenvalue weighted by Gasteiger charge is 2.48. The lowest BCUT2D eigenvalue weighted by atomic mass is 9.81. The largest absolute Gasteiger partial charge is 0.497 e. The first-order valence-electron chi connectivity index (χ1n) is 10.9. The van der Waals surface area contributed by atoms with Crippen molar-refractivity contribution in [2.75, 3.05) is 33.3 Å². The average Bonchev–Trinajstić information content (AvgIpc) is 3.38. The van der Waals surface area contributed by atoms with Crippen LogP contribution in [0.2, 0.25) is 0 Å². The summed E-state index contributed by atoms with van der Waals surface area (Å²) < 4.78 is 5.35. The molecule has 5 rings (SSSR count). The zero-order chi connectivity index (χ0) is 18.4. The average molecular weight is 369 g/mol. The summed E-state index contributed by atoms with van der Waals surface area (Å²) in [6, 6.07) is 9.03. The number of methoxy groups -OCH3 is 1. The number of nitrogens with zero attached hydrogens (tertiary/aromatic N) is 2. The number of amides is 1. The Hall–Kier alpha value is -1.55. The minimum atomic E-state index is 0.310. The van der Waals surface area contributed by atoms with Crippen molar-refractivity contribution in [2.24, 2.45) is 17.8 Å². The van der Waals surface area contributed by atoms with E-state index in [1.54, 1.807) is 7.11 Å². The van der Waals surface area contributed by atoms with Crippen molar-refractivity contribution < 1.29 is 9.53 Å². The molecule has 4 fully saturated rings. The maximum absolute atomic E-state index is 13.1. The predicted octanol–water partition coefficient (Wildman–Crippen LogP) is 3.52. The fourth-order valence-corrected chi connectivity index (χ4v) is 5.48. The van der Waals surface area contributed by atoms with Crippen molar-refractivity contribution >= 4 is 5.91 Å². The summed E-state index contributed by atoms with van der Waals surface area (Å²) in [5.74, 6) is 3.65. The van der Waals surface area contributed by atoms with Gasteiger partial charge in [0.25, 0.3) is 0 Å². The first-order chi connectivity index (χ1) is 13.2. The molecule has 3 atom stereocenters. The van der Waals surface area contributed by atoms with Gasteiger partial charge < -0.3 is 14.5 Å². The van der Waals surface area contributed by atoms with Crippen LogP contribution in [0.25, 0.3) is 0 Å². The Morgan fingerprint density at radius 2 is 1.85 bits per heavy atom. The van der Waals surface area contributed by atoms with Crippen molar-refractivity contribution in [2.45, 2.75) is 50.5 Å². The summed E-state index contributed by atoms with van der Waals surface area (Å²) >= 11 is 0. The SMILES string of the molecule is COc1ccc([C@@H]2CN(C(=O)C3CCC3)[C@H]3CCN(CC4CC4)C[C@@H]23)cc1. The van der Waals surface area contributed by atoms with Crippen molar-refractivity contribution in [3.05, 3.63) is 29.8 Å². The Kier molecular flexibility index (Phi) is 4.63. The number of piperidine rings is 1. The van der Waals surface area contributed by atoms with Gasteiger partial charge in [-0.2, -0.15) is 0 Å². The van der Waals surface area contributed by atoms with E-state index in [1.165, 1.54) is 37.9 Å². The van der Waals surface area contributed by atoms with Gasteiger partial charge in [0.2, 0.25) is 5.91 Å². The molecule has 2 aliphatic carbocycles. The molecule has 2 heterocycles. The number of hydrogen-bond donors (Lipinski definition) is 0. The first-order valence-corrected chi connectivity index (χ1v) is 10.9. The lowest BCUT2D eigenvalue weighted by molar-refractivity contribution is -0.140. The van der Waals surface area contributed by atoms with Crippen LogP contribution in [-0.4, -0.2) is 55.0 Å². The van der Waals surface area contributed by atoms with E-state index in [1.807, 2.05) is 0 Å². The molecular weight excluding hydrogens is 336 g/mol. The van der Waals surface area contributed by atoms with Crippen LogP contribution in [0.3, 0.4) is 0 Å². The first kappa shape index (κ1) is 17.5. The lowest BCUT2D eigenvalue weighted by Crippen LogP contribution is -2.50. The highest BCUT2D eigenvalue weighted by molar-refractivity contribution is 5.80. The minimum Gasteiger partial charge on any atom is -0.497 e. The standard InChI is InChI=1S/C23H32N2O2/c1-27-19-9-7-17(8-10-19)20-15-25(23(26)18-3-2-4-18)22-11-12-24(14-21(20)22)13-16-5-6-16/h7-10,16,18,20-22H,2-6,11-15H2,1H3/t20-,21-,22-/m0/s1. The molecule has 1 aromatic rings. The Morgan fingerprint density at radius 1 is 1.07 bits per heavy atom. The third-order valence-corrected chi connectivity index (χ3v) is 7.51. The Balaban J connectivity index is 1.38. The number of likely N-dealkylation sites (tertiary alicyclic amines) is 2. The maximum atomic E-state index is 13.1. The van der Waals surface area contributed by atoms with Crippen molar-refractivity contribution in [1.82, 2.24) is 9.80 Å². The third-order valence-electron chi connectivity index (χ3n) is 7.51. The van der Waals surface area contributed by atoms with Crippen LogP contribution >= 0.6 is 0 Å². The van der Waals surface area contributed by atoms with Crippen LogP contribution < -0.4 is 4.74 Å². The molecule has 0 N–H and O–H groups in total. The fraction of sp³-hybridized carbons (Fsp3) is 0.696. The molecule has 4 heteroatoms. The van der Waals surface area contributed by atoms with E-state index in [4.69, 9.17) is 4.74 Å². The normalized spacial score (nSPS) is 31.4. The van der Waals surface area contributed by atoms with Gasteiger partial charge in [0.1, 0.15) is 5.75 Å². The van der Waals surface area contributed by atoms with E-state index in [-0.39, 0.29) is 0 Å². The number of rotatable bonds is 5. The molecule has 2 aliphatic heterocycles. The second kappa shape index (κ2) is 7.12. The Morgan fingerprint density at radius 3 is 2.48 bits per heavy atom. The molecule has 1 aromatic carbocycles. The molecular formula is C23H32N2O2. The molecule has 2 saturated carbocycles. The molecule has 0 spiro atoms. The second-order valence-corrected chi connectivity index (χ2v) is 9.22. The molecule has 1 amide bonds. The smallest absolute Gasteiger partial charge is 0.225 e. The third kappa shape index (κ3) is 3.37. The number of carbonyl (C=O) groups is 1. The van der Waals surface area contributed by atoms with E-state index >= 15 is 0 Å². The van der Waals surface area contributed by atoms with Gasteiger partial charge >= 0.3 is 0 Å². The molecule has 0 unspecified atom stereocenters. The topological polar surface area (TPSA) is 32.8 Å². The van der Waals surface area contributed by atoms with Gasteiger partial charge in [-0.25, -0.2) is 0 Å². The van der Waals surface area contributed by atoms with Gasteiger partial charge in [-0.1, -0.05) is 18.6 Å². The Labute approximate surface area is 162 Å². The molecule has 4 aliphatic rings. The van der Waals surface area contributed by atoms with Crippen molar-refractivity contribution in [3.8, 4) is 5.75 Å². The number of ether oxygens (including phenoxy) is 1. The van der Waals surface area contributed by atoms with Crippen LogP contribution in [0.4, 0.5) is 0 Å². The van der Waals surface area contributed by atoms with E-state index in [0.717, 1.165) is 44.0 Å².